The Kier molecular flexibility index (Phi) is 5.30. The maximum Gasteiger partial charge on any atom is 0.0328 e. The molecule has 2 saturated carbocycles. The molecule has 2 heteroatoms. The number of nitrogens with one attached hydrogen (secondary N) is 1. The van der Waals surface area contributed by atoms with E-state index < -0.39 is 0 Å². The first-order chi connectivity index (χ1) is 9.02. The van der Waals surface area contributed by atoms with Crippen molar-refractivity contribution in [2.45, 2.75) is 76.8 Å². The average Bonchev–Trinajstić information content (AvgIpc) is 2.26. The van der Waals surface area contributed by atoms with E-state index in [1.165, 1.54) is 57.9 Å². The van der Waals surface area contributed by atoms with Gasteiger partial charge in [-0.15, -0.1) is 0 Å². The van der Waals surface area contributed by atoms with Crippen LogP contribution in [0.25, 0.3) is 0 Å². The van der Waals surface area contributed by atoms with Crippen LogP contribution in [0.3, 0.4) is 0 Å². The highest BCUT2D eigenvalue weighted by molar-refractivity contribution is 4.98. The van der Waals surface area contributed by atoms with Gasteiger partial charge < -0.3 is 10.2 Å². The lowest BCUT2D eigenvalue weighted by molar-refractivity contribution is 0.0540. The van der Waals surface area contributed by atoms with E-state index in [0.717, 1.165) is 17.9 Å². The summed E-state index contributed by atoms with van der Waals surface area (Å²) in [6.07, 6.45) is 11.3. The zero-order valence-corrected chi connectivity index (χ0v) is 13.5. The fourth-order valence-electron chi connectivity index (χ4n) is 4.06. The summed E-state index contributed by atoms with van der Waals surface area (Å²) in [7, 11) is 4.51. The molecule has 0 aromatic rings. The van der Waals surface area contributed by atoms with Crippen LogP contribution in [0.4, 0.5) is 0 Å². The minimum atomic E-state index is 0.477. The molecule has 19 heavy (non-hydrogen) atoms. The van der Waals surface area contributed by atoms with Crippen LogP contribution in [-0.2, 0) is 0 Å². The lowest BCUT2D eigenvalue weighted by atomic mass is 9.75. The Bertz CT molecular complexity index is 268. The van der Waals surface area contributed by atoms with Crippen LogP contribution in [0.5, 0.6) is 0 Å². The summed E-state index contributed by atoms with van der Waals surface area (Å²) in [5.74, 6) is 1.84. The Morgan fingerprint density at radius 2 is 1.89 bits per heavy atom. The smallest absolute Gasteiger partial charge is 0.0328 e. The van der Waals surface area contributed by atoms with E-state index in [2.05, 4.69) is 38.2 Å². The molecule has 2 rings (SSSR count). The number of rotatable bonds is 6. The van der Waals surface area contributed by atoms with Crippen LogP contribution in [-0.4, -0.2) is 37.1 Å². The van der Waals surface area contributed by atoms with Crippen LogP contribution in [0, 0.1) is 11.8 Å². The third-order valence-corrected chi connectivity index (χ3v) is 5.54. The van der Waals surface area contributed by atoms with Gasteiger partial charge in [0, 0.05) is 18.1 Å². The molecule has 2 atom stereocenters. The molecule has 0 spiro atoms. The quantitative estimate of drug-likeness (QED) is 0.789. The van der Waals surface area contributed by atoms with E-state index in [1.807, 2.05) is 0 Å². The minimum Gasteiger partial charge on any atom is -0.312 e. The van der Waals surface area contributed by atoms with Gasteiger partial charge in [-0.3, -0.25) is 0 Å². The molecule has 0 saturated heterocycles. The first-order valence-electron chi connectivity index (χ1n) is 8.43. The van der Waals surface area contributed by atoms with Crippen molar-refractivity contribution in [2.75, 3.05) is 20.6 Å². The molecule has 2 nitrogen and oxygen atoms in total. The maximum absolute atomic E-state index is 3.91. The zero-order valence-electron chi connectivity index (χ0n) is 13.5. The summed E-state index contributed by atoms with van der Waals surface area (Å²) >= 11 is 0. The molecule has 112 valence electrons. The van der Waals surface area contributed by atoms with Crippen molar-refractivity contribution < 1.29 is 0 Å². The fraction of sp³-hybridized carbons (Fsp3) is 1.00. The van der Waals surface area contributed by atoms with Crippen LogP contribution in [0.1, 0.15) is 65.2 Å². The normalized spacial score (nSPS) is 30.6. The van der Waals surface area contributed by atoms with Crippen LogP contribution in [0.15, 0.2) is 0 Å². The minimum absolute atomic E-state index is 0.477. The van der Waals surface area contributed by atoms with Gasteiger partial charge in [-0.1, -0.05) is 26.7 Å². The maximum atomic E-state index is 3.91. The van der Waals surface area contributed by atoms with E-state index in [1.54, 1.807) is 0 Å². The number of likely N-dealkylation sites (N-methyl/N-ethyl adjacent to an activating group) is 1. The van der Waals surface area contributed by atoms with Crippen molar-refractivity contribution in [3.63, 3.8) is 0 Å². The van der Waals surface area contributed by atoms with Gasteiger partial charge in [-0.05, 0) is 64.5 Å². The van der Waals surface area contributed by atoms with Crippen LogP contribution in [0.2, 0.25) is 0 Å². The Morgan fingerprint density at radius 3 is 2.42 bits per heavy atom. The summed E-state index contributed by atoms with van der Waals surface area (Å²) in [6, 6.07) is 0.787. The highest BCUT2D eigenvalue weighted by Crippen LogP contribution is 2.36. The van der Waals surface area contributed by atoms with Crippen molar-refractivity contribution >= 4 is 0 Å². The molecule has 0 amide bonds. The van der Waals surface area contributed by atoms with Crippen molar-refractivity contribution in [3.8, 4) is 0 Å². The highest BCUT2D eigenvalue weighted by Gasteiger charge is 2.39. The molecule has 0 radical (unpaired) electrons. The summed E-state index contributed by atoms with van der Waals surface area (Å²) in [5.41, 5.74) is 0.477. The van der Waals surface area contributed by atoms with Crippen molar-refractivity contribution in [1.82, 2.24) is 10.2 Å². The van der Waals surface area contributed by atoms with Gasteiger partial charge in [0.05, 0.1) is 0 Å². The number of hydrogen-bond acceptors (Lipinski definition) is 2. The Hall–Kier alpha value is -0.0800. The van der Waals surface area contributed by atoms with E-state index in [-0.39, 0.29) is 0 Å². The van der Waals surface area contributed by atoms with Gasteiger partial charge in [-0.2, -0.15) is 0 Å². The van der Waals surface area contributed by atoms with Crippen molar-refractivity contribution in [2.24, 2.45) is 11.8 Å². The van der Waals surface area contributed by atoms with Gasteiger partial charge in [0.15, 0.2) is 0 Å². The predicted octanol–water partition coefficient (Wildman–Crippen LogP) is 3.67. The molecule has 2 fully saturated rings. The topological polar surface area (TPSA) is 15.3 Å². The Morgan fingerprint density at radius 1 is 1.16 bits per heavy atom. The summed E-state index contributed by atoms with van der Waals surface area (Å²) in [4.78, 5) is 2.46. The monoisotopic (exact) mass is 266 g/mol. The molecule has 2 aliphatic carbocycles. The first-order valence-corrected chi connectivity index (χ1v) is 8.43. The van der Waals surface area contributed by atoms with E-state index >= 15 is 0 Å². The van der Waals surface area contributed by atoms with Crippen molar-refractivity contribution in [3.05, 3.63) is 0 Å². The van der Waals surface area contributed by atoms with Gasteiger partial charge in [-0.25, -0.2) is 0 Å². The molecule has 0 aliphatic heterocycles. The van der Waals surface area contributed by atoms with E-state index in [0.29, 0.717) is 5.54 Å². The standard InChI is InChI=1S/C17H34N2/c1-14(2)11-15-7-5-8-16(12-15)18-13-17(19(3)4)9-6-10-17/h14-16,18H,5-13H2,1-4H3. The van der Waals surface area contributed by atoms with Crippen LogP contribution < -0.4 is 5.32 Å². The summed E-state index contributed by atoms with van der Waals surface area (Å²) < 4.78 is 0. The Balaban J connectivity index is 1.76. The molecule has 0 aromatic carbocycles. The summed E-state index contributed by atoms with van der Waals surface area (Å²) in [6.45, 7) is 5.94. The number of nitrogens with zero attached hydrogens (tertiary/aromatic N) is 1. The van der Waals surface area contributed by atoms with Crippen molar-refractivity contribution in [1.29, 1.82) is 0 Å². The van der Waals surface area contributed by atoms with Gasteiger partial charge in [0.1, 0.15) is 0 Å². The largest absolute Gasteiger partial charge is 0.312 e. The fourth-order valence-corrected chi connectivity index (χ4v) is 4.06. The van der Waals surface area contributed by atoms with Gasteiger partial charge in [0.2, 0.25) is 0 Å². The third-order valence-electron chi connectivity index (χ3n) is 5.54. The van der Waals surface area contributed by atoms with E-state index in [9.17, 15) is 0 Å². The molecular formula is C17H34N2. The first kappa shape index (κ1) is 15.3. The van der Waals surface area contributed by atoms with Gasteiger partial charge >= 0.3 is 0 Å². The second-order valence-corrected chi connectivity index (χ2v) is 7.71. The zero-order chi connectivity index (χ0) is 13.9. The molecule has 0 heterocycles. The molecule has 2 aliphatic rings. The molecular weight excluding hydrogens is 232 g/mol. The molecule has 2 unspecified atom stereocenters. The molecule has 0 aromatic heterocycles. The lowest BCUT2D eigenvalue weighted by Gasteiger charge is -2.48. The third kappa shape index (κ3) is 3.95. The van der Waals surface area contributed by atoms with E-state index in [4.69, 9.17) is 0 Å². The number of hydrogen-bond donors (Lipinski definition) is 1. The molecule has 1 N–H and O–H groups in total. The predicted molar refractivity (Wildman–Crippen MR) is 83.5 cm³/mol. The highest BCUT2D eigenvalue weighted by atomic mass is 15.2. The lowest BCUT2D eigenvalue weighted by Crippen LogP contribution is -2.58. The molecule has 0 bridgehead atoms. The SMILES string of the molecule is CC(C)CC1CCCC(NCC2(N(C)C)CCC2)C1. The van der Waals surface area contributed by atoms with Crippen LogP contribution >= 0.6 is 0 Å². The summed E-state index contributed by atoms with van der Waals surface area (Å²) in [5, 5.41) is 3.91. The Labute approximate surface area is 120 Å². The van der Waals surface area contributed by atoms with Gasteiger partial charge in [0.25, 0.3) is 0 Å². The second-order valence-electron chi connectivity index (χ2n) is 7.71. The second kappa shape index (κ2) is 6.58. The average molecular weight is 266 g/mol.